The number of benzene rings is 2. The zero-order valence-corrected chi connectivity index (χ0v) is 17.4. The van der Waals surface area contributed by atoms with Crippen LogP contribution in [-0.2, 0) is 17.9 Å². The topological polar surface area (TPSA) is 90.0 Å². The van der Waals surface area contributed by atoms with E-state index in [9.17, 15) is 18.4 Å². The maximum absolute atomic E-state index is 13.8. The summed E-state index contributed by atoms with van der Waals surface area (Å²) in [6, 6.07) is 11.5. The van der Waals surface area contributed by atoms with E-state index >= 15 is 0 Å². The number of rotatable bonds is 6. The number of carbonyl (C=O) groups is 1. The second kappa shape index (κ2) is 8.70. The molecule has 0 saturated heterocycles. The van der Waals surface area contributed by atoms with E-state index in [1.807, 2.05) is 13.8 Å². The van der Waals surface area contributed by atoms with Crippen molar-refractivity contribution < 1.29 is 18.1 Å². The Bertz CT molecular complexity index is 1360. The number of aromatic nitrogens is 3. The highest BCUT2D eigenvalue weighted by molar-refractivity contribution is 5.93. The zero-order valence-electron chi connectivity index (χ0n) is 17.4. The van der Waals surface area contributed by atoms with Crippen LogP contribution in [0.15, 0.2) is 57.8 Å². The number of nitrogens with one attached hydrogen (secondary N) is 1. The first kappa shape index (κ1) is 21.4. The SMILES string of the molecule is CC(C)c1noc(-c2cc(=O)n(CC(=O)NCc3ccc(F)cc3F)c3ccccc23)n1. The fraction of sp³-hybridized carbons (Fsp3) is 0.217. The summed E-state index contributed by atoms with van der Waals surface area (Å²) < 4.78 is 33.5. The van der Waals surface area contributed by atoms with Gasteiger partial charge in [0.15, 0.2) is 5.82 Å². The molecule has 0 aliphatic heterocycles. The minimum absolute atomic E-state index is 0.0637. The minimum Gasteiger partial charge on any atom is -0.350 e. The van der Waals surface area contributed by atoms with Crippen LogP contribution in [0.5, 0.6) is 0 Å². The van der Waals surface area contributed by atoms with Gasteiger partial charge in [0.1, 0.15) is 18.2 Å². The number of fused-ring (bicyclic) bond motifs is 1. The van der Waals surface area contributed by atoms with Crippen molar-refractivity contribution in [3.05, 3.63) is 81.9 Å². The predicted octanol–water partition coefficient (Wildman–Crippen LogP) is 3.77. The highest BCUT2D eigenvalue weighted by Gasteiger charge is 2.18. The van der Waals surface area contributed by atoms with Crippen molar-refractivity contribution in [1.29, 1.82) is 0 Å². The van der Waals surface area contributed by atoms with Crippen molar-refractivity contribution in [1.82, 2.24) is 20.0 Å². The van der Waals surface area contributed by atoms with Gasteiger partial charge in [0.25, 0.3) is 11.4 Å². The lowest BCUT2D eigenvalue weighted by Crippen LogP contribution is -2.32. The lowest BCUT2D eigenvalue weighted by molar-refractivity contribution is -0.121. The largest absolute Gasteiger partial charge is 0.350 e. The predicted molar refractivity (Wildman–Crippen MR) is 114 cm³/mol. The van der Waals surface area contributed by atoms with Crippen LogP contribution in [0.1, 0.15) is 31.2 Å². The first-order valence-electron chi connectivity index (χ1n) is 10.0. The van der Waals surface area contributed by atoms with E-state index < -0.39 is 23.1 Å². The Morgan fingerprint density at radius 3 is 2.66 bits per heavy atom. The molecule has 7 nitrogen and oxygen atoms in total. The fourth-order valence-electron chi connectivity index (χ4n) is 3.31. The van der Waals surface area contributed by atoms with Crippen molar-refractivity contribution in [3.63, 3.8) is 0 Å². The van der Waals surface area contributed by atoms with Gasteiger partial charge < -0.3 is 9.84 Å². The molecule has 1 amide bonds. The van der Waals surface area contributed by atoms with E-state index in [1.54, 1.807) is 24.3 Å². The highest BCUT2D eigenvalue weighted by Crippen LogP contribution is 2.27. The number of nitrogens with zero attached hydrogens (tertiary/aromatic N) is 3. The number of amides is 1. The van der Waals surface area contributed by atoms with Crippen LogP contribution in [0, 0.1) is 11.6 Å². The number of hydrogen-bond donors (Lipinski definition) is 1. The maximum Gasteiger partial charge on any atom is 0.258 e. The normalized spacial score (nSPS) is 11.3. The maximum atomic E-state index is 13.8. The van der Waals surface area contributed by atoms with Gasteiger partial charge in [-0.3, -0.25) is 14.2 Å². The molecule has 2 heterocycles. The Balaban J connectivity index is 1.62. The van der Waals surface area contributed by atoms with Crippen molar-refractivity contribution >= 4 is 16.8 Å². The molecule has 0 spiro atoms. The summed E-state index contributed by atoms with van der Waals surface area (Å²) >= 11 is 0. The lowest BCUT2D eigenvalue weighted by atomic mass is 10.1. The number of para-hydroxylation sites is 1. The average molecular weight is 438 g/mol. The molecule has 4 aromatic rings. The van der Waals surface area contributed by atoms with Crippen LogP contribution < -0.4 is 10.9 Å². The molecule has 0 fully saturated rings. The number of carbonyl (C=O) groups excluding carboxylic acids is 1. The summed E-state index contributed by atoms with van der Waals surface area (Å²) in [5.74, 6) is -1.12. The van der Waals surface area contributed by atoms with Gasteiger partial charge in [0.2, 0.25) is 5.91 Å². The Hall–Kier alpha value is -3.88. The monoisotopic (exact) mass is 438 g/mol. The first-order chi connectivity index (χ1) is 15.3. The molecular formula is C23H20F2N4O3. The molecule has 0 bridgehead atoms. The molecule has 0 saturated carbocycles. The van der Waals surface area contributed by atoms with Gasteiger partial charge in [-0.2, -0.15) is 4.98 Å². The highest BCUT2D eigenvalue weighted by atomic mass is 19.1. The summed E-state index contributed by atoms with van der Waals surface area (Å²) in [4.78, 5) is 29.7. The molecule has 0 aliphatic carbocycles. The van der Waals surface area contributed by atoms with E-state index in [0.717, 1.165) is 12.1 Å². The number of hydrogen-bond acceptors (Lipinski definition) is 5. The van der Waals surface area contributed by atoms with Crippen LogP contribution in [0.2, 0.25) is 0 Å². The third-order valence-electron chi connectivity index (χ3n) is 5.00. The van der Waals surface area contributed by atoms with E-state index in [1.165, 1.54) is 16.7 Å². The number of halogens is 2. The average Bonchev–Trinajstić information content (AvgIpc) is 3.25. The van der Waals surface area contributed by atoms with Crippen LogP contribution in [-0.4, -0.2) is 20.6 Å². The van der Waals surface area contributed by atoms with Gasteiger partial charge in [-0.25, -0.2) is 8.78 Å². The van der Waals surface area contributed by atoms with E-state index in [-0.39, 0.29) is 30.5 Å². The van der Waals surface area contributed by atoms with E-state index in [4.69, 9.17) is 4.52 Å². The van der Waals surface area contributed by atoms with Gasteiger partial charge in [0.05, 0.1) is 11.1 Å². The molecule has 0 unspecified atom stereocenters. The molecule has 0 atom stereocenters. The summed E-state index contributed by atoms with van der Waals surface area (Å²) in [5.41, 5.74) is 0.716. The van der Waals surface area contributed by atoms with E-state index in [2.05, 4.69) is 15.5 Å². The first-order valence-corrected chi connectivity index (χ1v) is 10.0. The summed E-state index contributed by atoms with van der Waals surface area (Å²) in [7, 11) is 0. The van der Waals surface area contributed by atoms with Crippen molar-refractivity contribution in [2.45, 2.75) is 32.9 Å². The van der Waals surface area contributed by atoms with Gasteiger partial charge in [-0.1, -0.05) is 43.3 Å². The second-order valence-electron chi connectivity index (χ2n) is 7.62. The Labute approximate surface area is 181 Å². The van der Waals surface area contributed by atoms with Gasteiger partial charge in [-0.15, -0.1) is 0 Å². The fourth-order valence-corrected chi connectivity index (χ4v) is 3.31. The van der Waals surface area contributed by atoms with Crippen molar-refractivity contribution in [3.8, 4) is 11.5 Å². The van der Waals surface area contributed by atoms with Crippen LogP contribution >= 0.6 is 0 Å². The molecule has 32 heavy (non-hydrogen) atoms. The van der Waals surface area contributed by atoms with Gasteiger partial charge in [0, 0.05) is 35.5 Å². The molecule has 2 aromatic carbocycles. The van der Waals surface area contributed by atoms with Gasteiger partial charge >= 0.3 is 0 Å². The summed E-state index contributed by atoms with van der Waals surface area (Å²) in [5, 5.41) is 7.18. The van der Waals surface area contributed by atoms with Crippen LogP contribution in [0.25, 0.3) is 22.4 Å². The van der Waals surface area contributed by atoms with Crippen LogP contribution in [0.4, 0.5) is 8.78 Å². The van der Waals surface area contributed by atoms with Crippen LogP contribution in [0.3, 0.4) is 0 Å². The second-order valence-corrected chi connectivity index (χ2v) is 7.62. The smallest absolute Gasteiger partial charge is 0.258 e. The summed E-state index contributed by atoms with van der Waals surface area (Å²) in [6.07, 6.45) is 0. The summed E-state index contributed by atoms with van der Waals surface area (Å²) in [6.45, 7) is 3.46. The lowest BCUT2D eigenvalue weighted by Gasteiger charge is -2.12. The van der Waals surface area contributed by atoms with Crippen molar-refractivity contribution in [2.24, 2.45) is 0 Å². The standard InChI is InChI=1S/C23H20F2N4O3/c1-13(2)22-27-23(32-28-22)17-10-21(31)29(19-6-4-3-5-16(17)19)12-20(30)26-11-14-7-8-15(24)9-18(14)25/h3-10,13H,11-12H2,1-2H3,(H,26,30). The molecular weight excluding hydrogens is 418 g/mol. The quantitative estimate of drug-likeness (QED) is 0.495. The van der Waals surface area contributed by atoms with Gasteiger partial charge in [-0.05, 0) is 12.1 Å². The molecule has 1 N–H and O–H groups in total. The third-order valence-corrected chi connectivity index (χ3v) is 5.00. The Kier molecular flexibility index (Phi) is 5.81. The molecule has 4 rings (SSSR count). The van der Waals surface area contributed by atoms with E-state index in [0.29, 0.717) is 22.3 Å². The molecule has 0 radical (unpaired) electrons. The number of pyridine rings is 1. The molecule has 9 heteroatoms. The van der Waals surface area contributed by atoms with Crippen molar-refractivity contribution in [2.75, 3.05) is 0 Å². The third kappa shape index (κ3) is 4.27. The molecule has 0 aliphatic rings. The minimum atomic E-state index is -0.752. The Morgan fingerprint density at radius 2 is 1.94 bits per heavy atom. The Morgan fingerprint density at radius 1 is 1.16 bits per heavy atom. The molecule has 2 aromatic heterocycles. The molecule has 164 valence electrons. The zero-order chi connectivity index (χ0) is 22.8.